The molecule has 0 radical (unpaired) electrons. The van der Waals surface area contributed by atoms with E-state index in [0.29, 0.717) is 22.3 Å². The first-order chi connectivity index (χ1) is 13.1. The first-order valence-corrected chi connectivity index (χ1v) is 9.11. The molecule has 0 bridgehead atoms. The summed E-state index contributed by atoms with van der Waals surface area (Å²) in [7, 11) is 0. The summed E-state index contributed by atoms with van der Waals surface area (Å²) in [5.41, 5.74) is 2.52. The van der Waals surface area contributed by atoms with Crippen LogP contribution in [0.5, 0.6) is 5.75 Å². The van der Waals surface area contributed by atoms with Crippen LogP contribution < -0.4 is 15.4 Å². The summed E-state index contributed by atoms with van der Waals surface area (Å²) in [6, 6.07) is 22.3. The Labute approximate surface area is 168 Å². The van der Waals surface area contributed by atoms with Gasteiger partial charge in [0.25, 0.3) is 0 Å². The highest BCUT2D eigenvalue weighted by Gasteiger charge is 2.04. The van der Waals surface area contributed by atoms with Gasteiger partial charge in [-0.05, 0) is 48.0 Å². The first kappa shape index (κ1) is 19.1. The second kappa shape index (κ2) is 9.31. The molecule has 0 aliphatic rings. The van der Waals surface area contributed by atoms with Crippen LogP contribution in [0.4, 0.5) is 11.4 Å². The Balaban J connectivity index is 1.47. The summed E-state index contributed by atoms with van der Waals surface area (Å²) in [6.45, 7) is 0.615. The maximum absolute atomic E-state index is 12.1. The Hall–Kier alpha value is -2.69. The van der Waals surface area contributed by atoms with Crippen molar-refractivity contribution < 1.29 is 9.53 Å². The van der Waals surface area contributed by atoms with Crippen molar-refractivity contribution in [3.05, 3.63) is 88.4 Å². The summed E-state index contributed by atoms with van der Waals surface area (Å²) < 4.78 is 5.73. The van der Waals surface area contributed by atoms with Gasteiger partial charge in [-0.25, -0.2) is 0 Å². The molecular weight excluding hydrogens is 383 g/mol. The number of carbonyl (C=O) groups is 1. The highest BCUT2D eigenvalue weighted by Crippen LogP contribution is 2.25. The van der Waals surface area contributed by atoms with Gasteiger partial charge in [-0.3, -0.25) is 4.79 Å². The van der Waals surface area contributed by atoms with E-state index in [1.165, 1.54) is 0 Å². The number of carbonyl (C=O) groups excluding carboxylic acids is 1. The average molecular weight is 401 g/mol. The van der Waals surface area contributed by atoms with Gasteiger partial charge in [-0.15, -0.1) is 0 Å². The molecule has 3 aromatic carbocycles. The van der Waals surface area contributed by atoms with Crippen molar-refractivity contribution in [3.63, 3.8) is 0 Å². The molecule has 1 amide bonds. The predicted molar refractivity (Wildman–Crippen MR) is 111 cm³/mol. The molecule has 6 heteroatoms. The van der Waals surface area contributed by atoms with Gasteiger partial charge < -0.3 is 15.4 Å². The molecule has 0 saturated carbocycles. The second-order valence-corrected chi connectivity index (χ2v) is 6.64. The number of amides is 1. The van der Waals surface area contributed by atoms with Gasteiger partial charge >= 0.3 is 0 Å². The smallest absolute Gasteiger partial charge is 0.243 e. The molecule has 27 heavy (non-hydrogen) atoms. The minimum absolute atomic E-state index is 0.115. The number of ether oxygens (including phenoxy) is 1. The van der Waals surface area contributed by atoms with Crippen LogP contribution in [-0.4, -0.2) is 12.5 Å². The molecule has 2 N–H and O–H groups in total. The Morgan fingerprint density at radius 2 is 1.56 bits per heavy atom. The van der Waals surface area contributed by atoms with Gasteiger partial charge in [0.15, 0.2) is 0 Å². The fourth-order valence-electron chi connectivity index (χ4n) is 2.37. The van der Waals surface area contributed by atoms with Gasteiger partial charge in [-0.2, -0.15) is 0 Å². The van der Waals surface area contributed by atoms with E-state index in [2.05, 4.69) is 10.6 Å². The van der Waals surface area contributed by atoms with Crippen LogP contribution in [0.15, 0.2) is 72.8 Å². The fraction of sp³-hybridized carbons (Fsp3) is 0.0952. The zero-order chi connectivity index (χ0) is 19.1. The van der Waals surface area contributed by atoms with E-state index in [0.717, 1.165) is 17.0 Å². The minimum atomic E-state index is -0.168. The number of benzene rings is 3. The summed E-state index contributed by atoms with van der Waals surface area (Å²) in [6.07, 6.45) is 0. The monoisotopic (exact) mass is 400 g/mol. The number of hydrogen-bond donors (Lipinski definition) is 2. The topological polar surface area (TPSA) is 50.4 Å². The number of halogens is 2. The highest BCUT2D eigenvalue weighted by molar-refractivity contribution is 6.42. The first-order valence-electron chi connectivity index (χ1n) is 8.36. The Morgan fingerprint density at radius 1 is 0.852 bits per heavy atom. The summed E-state index contributed by atoms with van der Waals surface area (Å²) in [5, 5.41) is 6.74. The zero-order valence-corrected chi connectivity index (χ0v) is 15.9. The summed E-state index contributed by atoms with van der Waals surface area (Å²) in [5.74, 6) is 0.574. The molecule has 0 aromatic heterocycles. The van der Waals surface area contributed by atoms with E-state index < -0.39 is 0 Å². The number of hydrogen-bond acceptors (Lipinski definition) is 3. The van der Waals surface area contributed by atoms with Crippen molar-refractivity contribution in [2.24, 2.45) is 0 Å². The van der Waals surface area contributed by atoms with Crippen LogP contribution in [-0.2, 0) is 11.4 Å². The lowest BCUT2D eigenvalue weighted by Crippen LogP contribution is -2.21. The molecule has 0 aliphatic carbocycles. The lowest BCUT2D eigenvalue weighted by molar-refractivity contribution is -0.114. The summed E-state index contributed by atoms with van der Waals surface area (Å²) >= 11 is 11.8. The van der Waals surface area contributed by atoms with Gasteiger partial charge in [0.2, 0.25) is 5.91 Å². The molecule has 3 aromatic rings. The third-order valence-electron chi connectivity index (χ3n) is 3.76. The van der Waals surface area contributed by atoms with Crippen LogP contribution in [0.2, 0.25) is 10.0 Å². The SMILES string of the molecule is O=C(CNc1ccc(Cl)c(Cl)c1)Nc1ccc(OCc2ccccc2)cc1. The number of anilines is 2. The molecule has 138 valence electrons. The standard InChI is InChI=1S/C21H18Cl2N2O2/c22-19-11-8-17(12-20(19)23)24-13-21(26)25-16-6-9-18(10-7-16)27-14-15-4-2-1-3-5-15/h1-12,24H,13-14H2,(H,25,26). The number of rotatable bonds is 7. The zero-order valence-electron chi connectivity index (χ0n) is 14.4. The second-order valence-electron chi connectivity index (χ2n) is 5.83. The lowest BCUT2D eigenvalue weighted by atomic mass is 10.2. The van der Waals surface area contributed by atoms with Gasteiger partial charge in [0.05, 0.1) is 16.6 Å². The van der Waals surface area contributed by atoms with Crippen molar-refractivity contribution in [2.75, 3.05) is 17.2 Å². The minimum Gasteiger partial charge on any atom is -0.489 e. The van der Waals surface area contributed by atoms with Crippen LogP contribution in [0.1, 0.15) is 5.56 Å². The molecule has 0 saturated heterocycles. The van der Waals surface area contributed by atoms with Crippen LogP contribution in [0.25, 0.3) is 0 Å². The fourth-order valence-corrected chi connectivity index (χ4v) is 2.67. The quantitative estimate of drug-likeness (QED) is 0.540. The largest absolute Gasteiger partial charge is 0.489 e. The predicted octanol–water partition coefficient (Wildman–Crippen LogP) is 5.62. The molecule has 0 heterocycles. The Morgan fingerprint density at radius 3 is 2.26 bits per heavy atom. The maximum Gasteiger partial charge on any atom is 0.243 e. The van der Waals surface area contributed by atoms with Crippen molar-refractivity contribution in [1.82, 2.24) is 0 Å². The number of nitrogens with one attached hydrogen (secondary N) is 2. The van der Waals surface area contributed by atoms with Crippen LogP contribution in [0, 0.1) is 0 Å². The van der Waals surface area contributed by atoms with E-state index in [1.807, 2.05) is 42.5 Å². The third-order valence-corrected chi connectivity index (χ3v) is 4.50. The maximum atomic E-state index is 12.1. The van der Waals surface area contributed by atoms with Crippen molar-refractivity contribution in [2.45, 2.75) is 6.61 Å². The average Bonchev–Trinajstić information content (AvgIpc) is 2.69. The van der Waals surface area contributed by atoms with E-state index in [9.17, 15) is 4.79 Å². The molecule has 0 spiro atoms. The normalized spacial score (nSPS) is 10.3. The van der Waals surface area contributed by atoms with Gasteiger partial charge in [-0.1, -0.05) is 53.5 Å². The van der Waals surface area contributed by atoms with E-state index >= 15 is 0 Å². The van der Waals surface area contributed by atoms with Crippen molar-refractivity contribution in [1.29, 1.82) is 0 Å². The van der Waals surface area contributed by atoms with Gasteiger partial charge in [0, 0.05) is 11.4 Å². The van der Waals surface area contributed by atoms with E-state index in [4.69, 9.17) is 27.9 Å². The molecular formula is C21H18Cl2N2O2. The lowest BCUT2D eigenvalue weighted by Gasteiger charge is -2.10. The van der Waals surface area contributed by atoms with Crippen LogP contribution >= 0.6 is 23.2 Å². The molecule has 4 nitrogen and oxygen atoms in total. The summed E-state index contributed by atoms with van der Waals surface area (Å²) in [4.78, 5) is 12.1. The third kappa shape index (κ3) is 5.91. The van der Waals surface area contributed by atoms with Gasteiger partial charge in [0.1, 0.15) is 12.4 Å². The van der Waals surface area contributed by atoms with Crippen molar-refractivity contribution in [3.8, 4) is 5.75 Å². The Bertz CT molecular complexity index is 900. The molecule has 0 aliphatic heterocycles. The Kier molecular flexibility index (Phi) is 6.58. The molecule has 0 fully saturated rings. The van der Waals surface area contributed by atoms with Crippen LogP contribution in [0.3, 0.4) is 0 Å². The molecule has 0 unspecified atom stereocenters. The highest BCUT2D eigenvalue weighted by atomic mass is 35.5. The molecule has 0 atom stereocenters. The molecule has 3 rings (SSSR count). The van der Waals surface area contributed by atoms with Crippen molar-refractivity contribution >= 4 is 40.5 Å². The van der Waals surface area contributed by atoms with E-state index in [-0.39, 0.29) is 12.5 Å². The van der Waals surface area contributed by atoms with E-state index in [1.54, 1.807) is 30.3 Å².